The van der Waals surface area contributed by atoms with E-state index in [0.29, 0.717) is 32.8 Å². The van der Waals surface area contributed by atoms with Crippen molar-refractivity contribution in [3.8, 4) is 0 Å². The van der Waals surface area contributed by atoms with Gasteiger partial charge in [-0.3, -0.25) is 4.57 Å². The number of methoxy groups -OCH3 is 1. The number of anilines is 1. The molecule has 7 heteroatoms. The Balaban J connectivity index is 2.08. The number of imidazole rings is 1. The Morgan fingerprint density at radius 1 is 1.18 bits per heavy atom. The first-order valence-electron chi connectivity index (χ1n) is 8.82. The Bertz CT molecular complexity index is 1160. The first-order valence-corrected chi connectivity index (χ1v) is 9.58. The van der Waals surface area contributed by atoms with Gasteiger partial charge >= 0.3 is 5.97 Å². The minimum absolute atomic E-state index is 0.405. The zero-order chi connectivity index (χ0) is 20.2. The molecule has 0 saturated carbocycles. The summed E-state index contributed by atoms with van der Waals surface area (Å²) in [6.07, 6.45) is 0. The number of esters is 1. The van der Waals surface area contributed by atoms with E-state index in [-0.39, 0.29) is 0 Å². The number of rotatable bonds is 2. The van der Waals surface area contributed by atoms with Crippen LogP contribution in [0.5, 0.6) is 0 Å². The largest absolute Gasteiger partial charge is 0.466 e. The van der Waals surface area contributed by atoms with Gasteiger partial charge in [0.1, 0.15) is 0 Å². The summed E-state index contributed by atoms with van der Waals surface area (Å²) in [6.45, 7) is 5.93. The normalized spacial score (nSPS) is 16.1. The van der Waals surface area contributed by atoms with Gasteiger partial charge in [-0.05, 0) is 55.7 Å². The molecule has 144 valence electrons. The highest BCUT2D eigenvalue weighted by molar-refractivity contribution is 6.42. The second-order valence-corrected chi connectivity index (χ2v) is 7.72. The third kappa shape index (κ3) is 2.77. The van der Waals surface area contributed by atoms with E-state index in [1.54, 1.807) is 6.07 Å². The van der Waals surface area contributed by atoms with E-state index < -0.39 is 12.0 Å². The molecule has 0 radical (unpaired) electrons. The van der Waals surface area contributed by atoms with Crippen LogP contribution in [0.3, 0.4) is 0 Å². The summed E-state index contributed by atoms with van der Waals surface area (Å²) < 4.78 is 7.07. The standard InChI is InChI=1S/C21H19Cl2N3O2/c1-10-8-15-16(9-11(10)2)26-19(13-6-5-7-14(22)18(13)23)17(20(27)28-4)12(3)24-21(26)25-15/h5-9,19H,1-4H3,(H,24,25)/t19-/m0/s1. The van der Waals surface area contributed by atoms with Crippen LogP contribution in [-0.2, 0) is 9.53 Å². The second kappa shape index (κ2) is 6.83. The molecule has 3 aromatic rings. The van der Waals surface area contributed by atoms with E-state index in [1.165, 1.54) is 7.11 Å². The quantitative estimate of drug-likeness (QED) is 0.567. The predicted molar refractivity (Wildman–Crippen MR) is 112 cm³/mol. The molecule has 0 bridgehead atoms. The lowest BCUT2D eigenvalue weighted by atomic mass is 9.95. The van der Waals surface area contributed by atoms with Crippen LogP contribution in [0.25, 0.3) is 11.0 Å². The summed E-state index contributed by atoms with van der Waals surface area (Å²) in [6, 6.07) is 9.03. The highest BCUT2D eigenvalue weighted by Gasteiger charge is 2.36. The van der Waals surface area contributed by atoms with Gasteiger partial charge in [0.25, 0.3) is 0 Å². The molecule has 1 N–H and O–H groups in total. The average Bonchev–Trinajstić information content (AvgIpc) is 2.99. The van der Waals surface area contributed by atoms with Crippen LogP contribution in [0, 0.1) is 13.8 Å². The molecular formula is C21H19Cl2N3O2. The minimum Gasteiger partial charge on any atom is -0.466 e. The number of hydrogen-bond acceptors (Lipinski definition) is 4. The monoisotopic (exact) mass is 415 g/mol. The first-order chi connectivity index (χ1) is 13.3. The molecule has 0 aliphatic carbocycles. The number of aromatic nitrogens is 2. The molecule has 5 nitrogen and oxygen atoms in total. The summed E-state index contributed by atoms with van der Waals surface area (Å²) in [5.41, 5.74) is 5.89. The first kappa shape index (κ1) is 18.8. The number of carbonyl (C=O) groups excluding carboxylic acids is 1. The van der Waals surface area contributed by atoms with E-state index in [9.17, 15) is 4.79 Å². The minimum atomic E-state index is -0.512. The summed E-state index contributed by atoms with van der Waals surface area (Å²) in [5.74, 6) is 0.216. The average molecular weight is 416 g/mol. The maximum Gasteiger partial charge on any atom is 0.337 e. The van der Waals surface area contributed by atoms with E-state index >= 15 is 0 Å². The Kier molecular flexibility index (Phi) is 4.60. The van der Waals surface area contributed by atoms with Crippen LogP contribution >= 0.6 is 23.2 Å². The van der Waals surface area contributed by atoms with Crippen molar-refractivity contribution in [3.05, 3.63) is 68.3 Å². The summed E-state index contributed by atoms with van der Waals surface area (Å²) in [7, 11) is 1.37. The third-order valence-electron chi connectivity index (χ3n) is 5.22. The number of hydrogen-bond donors (Lipinski definition) is 1. The molecule has 2 aromatic carbocycles. The molecule has 0 amide bonds. The van der Waals surface area contributed by atoms with Crippen LogP contribution < -0.4 is 5.32 Å². The fourth-order valence-corrected chi connectivity index (χ4v) is 4.08. The number of fused-ring (bicyclic) bond motifs is 3. The molecule has 1 atom stereocenters. The van der Waals surface area contributed by atoms with Gasteiger partial charge in [0.05, 0.1) is 39.8 Å². The topological polar surface area (TPSA) is 56.1 Å². The molecule has 1 aliphatic rings. The number of benzene rings is 2. The molecule has 0 spiro atoms. The van der Waals surface area contributed by atoms with Crippen molar-refractivity contribution in [3.63, 3.8) is 0 Å². The van der Waals surface area contributed by atoms with Crippen molar-refractivity contribution in [1.82, 2.24) is 9.55 Å². The fourth-order valence-electron chi connectivity index (χ4n) is 3.67. The Morgan fingerprint density at radius 3 is 2.61 bits per heavy atom. The van der Waals surface area contributed by atoms with Gasteiger partial charge in [0.2, 0.25) is 5.95 Å². The van der Waals surface area contributed by atoms with Crippen molar-refractivity contribution in [2.24, 2.45) is 0 Å². The maximum atomic E-state index is 12.7. The van der Waals surface area contributed by atoms with Crippen molar-refractivity contribution >= 4 is 46.2 Å². The molecule has 0 fully saturated rings. The highest BCUT2D eigenvalue weighted by Crippen LogP contribution is 2.43. The van der Waals surface area contributed by atoms with E-state index in [2.05, 4.69) is 25.2 Å². The highest BCUT2D eigenvalue weighted by atomic mass is 35.5. The number of aryl methyl sites for hydroxylation is 2. The van der Waals surface area contributed by atoms with Gasteiger partial charge in [-0.15, -0.1) is 0 Å². The molecule has 0 saturated heterocycles. The summed E-state index contributed by atoms with van der Waals surface area (Å²) in [5, 5.41) is 4.07. The van der Waals surface area contributed by atoms with Crippen LogP contribution in [0.2, 0.25) is 10.0 Å². The number of nitrogens with zero attached hydrogens (tertiary/aromatic N) is 2. The van der Waals surface area contributed by atoms with Gasteiger partial charge in [-0.1, -0.05) is 35.3 Å². The SMILES string of the molecule is COC(=O)C1=C(C)Nc2nc3cc(C)c(C)cc3n2[C@H]1c1cccc(Cl)c1Cl. The van der Waals surface area contributed by atoms with Crippen molar-refractivity contribution in [2.75, 3.05) is 12.4 Å². The zero-order valence-electron chi connectivity index (χ0n) is 15.9. The molecule has 28 heavy (non-hydrogen) atoms. The number of nitrogens with one attached hydrogen (secondary N) is 1. The zero-order valence-corrected chi connectivity index (χ0v) is 17.4. The summed E-state index contributed by atoms with van der Waals surface area (Å²) >= 11 is 12.9. The van der Waals surface area contributed by atoms with Gasteiger partial charge in [0.15, 0.2) is 0 Å². The van der Waals surface area contributed by atoms with Crippen molar-refractivity contribution in [1.29, 1.82) is 0 Å². The van der Waals surface area contributed by atoms with Crippen LogP contribution in [0.1, 0.15) is 29.7 Å². The Labute approximate surface area is 172 Å². The third-order valence-corrected chi connectivity index (χ3v) is 6.05. The number of carbonyl (C=O) groups is 1. The lowest BCUT2D eigenvalue weighted by molar-refractivity contribution is -0.136. The van der Waals surface area contributed by atoms with E-state index in [0.717, 1.165) is 22.2 Å². The van der Waals surface area contributed by atoms with E-state index in [4.69, 9.17) is 32.9 Å². The fraction of sp³-hybridized carbons (Fsp3) is 0.238. The maximum absolute atomic E-state index is 12.7. The molecule has 0 unspecified atom stereocenters. The Morgan fingerprint density at radius 2 is 1.89 bits per heavy atom. The van der Waals surface area contributed by atoms with Gasteiger partial charge < -0.3 is 10.1 Å². The molecule has 1 aromatic heterocycles. The smallest absolute Gasteiger partial charge is 0.337 e. The number of allylic oxidation sites excluding steroid dienone is 1. The summed E-state index contributed by atoms with van der Waals surface area (Å²) in [4.78, 5) is 17.5. The van der Waals surface area contributed by atoms with Crippen molar-refractivity contribution < 1.29 is 9.53 Å². The van der Waals surface area contributed by atoms with E-state index in [1.807, 2.05) is 29.7 Å². The van der Waals surface area contributed by atoms with Gasteiger partial charge in [0, 0.05) is 5.70 Å². The van der Waals surface area contributed by atoms with Gasteiger partial charge in [-0.25, -0.2) is 9.78 Å². The van der Waals surface area contributed by atoms with Crippen LogP contribution in [-0.4, -0.2) is 22.6 Å². The molecular weight excluding hydrogens is 397 g/mol. The molecule has 4 rings (SSSR count). The van der Waals surface area contributed by atoms with Crippen molar-refractivity contribution in [2.45, 2.75) is 26.8 Å². The van der Waals surface area contributed by atoms with Crippen LogP contribution in [0.4, 0.5) is 5.95 Å². The number of halogens is 2. The molecule has 2 heterocycles. The molecule has 1 aliphatic heterocycles. The van der Waals surface area contributed by atoms with Crippen LogP contribution in [0.15, 0.2) is 41.6 Å². The lowest BCUT2D eigenvalue weighted by Crippen LogP contribution is -2.28. The predicted octanol–water partition coefficient (Wildman–Crippen LogP) is 5.42. The number of ether oxygens (including phenoxy) is 1. The lowest BCUT2D eigenvalue weighted by Gasteiger charge is -2.30. The Hall–Kier alpha value is -2.50. The van der Waals surface area contributed by atoms with Gasteiger partial charge in [-0.2, -0.15) is 0 Å². The second-order valence-electron chi connectivity index (χ2n) is 6.93.